The Labute approximate surface area is 174 Å². The molecule has 0 aliphatic rings. The molecule has 3 aromatic rings. The molecule has 0 spiro atoms. The van der Waals surface area contributed by atoms with Gasteiger partial charge in [-0.25, -0.2) is 9.97 Å². The number of aromatic nitrogens is 2. The number of amides is 2. The molecule has 156 valence electrons. The van der Waals surface area contributed by atoms with Gasteiger partial charge in [0.25, 0.3) is 11.8 Å². The highest BCUT2D eigenvalue weighted by atomic mass is 32.1. The fraction of sp³-hybridized carbons (Fsp3) is 0.111. The van der Waals surface area contributed by atoms with Crippen LogP contribution in [0.25, 0.3) is 0 Å². The number of thiazole rings is 1. The molecule has 8 N–H and O–H groups in total. The van der Waals surface area contributed by atoms with Gasteiger partial charge < -0.3 is 32.5 Å². The van der Waals surface area contributed by atoms with Gasteiger partial charge in [0.15, 0.2) is 10.8 Å². The van der Waals surface area contributed by atoms with Gasteiger partial charge in [-0.2, -0.15) is 4.39 Å². The van der Waals surface area contributed by atoms with Crippen LogP contribution in [-0.2, 0) is 0 Å². The number of halogens is 1. The molecule has 0 bridgehead atoms. The molecule has 0 fully saturated rings. The van der Waals surface area contributed by atoms with Gasteiger partial charge in [-0.05, 0) is 24.3 Å². The van der Waals surface area contributed by atoms with Crippen molar-refractivity contribution in [1.82, 2.24) is 9.97 Å². The molecular formula is C18H18FN7O3S. The van der Waals surface area contributed by atoms with Crippen molar-refractivity contribution >= 4 is 50.3 Å². The van der Waals surface area contributed by atoms with Crippen molar-refractivity contribution in [3.63, 3.8) is 0 Å². The number of nitrogens with zero attached hydrogens (tertiary/aromatic N) is 2. The van der Waals surface area contributed by atoms with E-state index < -0.39 is 17.8 Å². The molecule has 2 amide bonds. The Kier molecular flexibility index (Phi) is 6.39. The lowest BCUT2D eigenvalue weighted by molar-refractivity contribution is 0.0997. The summed E-state index contributed by atoms with van der Waals surface area (Å²) in [6.07, 6.45) is 1.27. The maximum atomic E-state index is 13.2. The van der Waals surface area contributed by atoms with Crippen molar-refractivity contribution < 1.29 is 19.1 Å². The average molecular weight is 431 g/mol. The third kappa shape index (κ3) is 4.98. The summed E-state index contributed by atoms with van der Waals surface area (Å²) in [5, 5.41) is 17.6. The summed E-state index contributed by atoms with van der Waals surface area (Å²) in [5.41, 5.74) is 12.6. The van der Waals surface area contributed by atoms with Crippen molar-refractivity contribution in [2.75, 3.05) is 34.8 Å². The lowest BCUT2D eigenvalue weighted by Crippen LogP contribution is -2.18. The highest BCUT2D eigenvalue weighted by Crippen LogP contribution is 2.31. The van der Waals surface area contributed by atoms with Crippen LogP contribution in [0.15, 0.2) is 36.5 Å². The Bertz CT molecular complexity index is 1090. The van der Waals surface area contributed by atoms with E-state index in [4.69, 9.17) is 16.6 Å². The molecule has 30 heavy (non-hydrogen) atoms. The van der Waals surface area contributed by atoms with E-state index in [1.54, 1.807) is 6.07 Å². The number of aliphatic hydroxyl groups excluding tert-OH is 1. The third-order valence-electron chi connectivity index (χ3n) is 3.81. The van der Waals surface area contributed by atoms with Crippen LogP contribution < -0.4 is 27.4 Å². The molecule has 0 aliphatic carbocycles. The molecule has 0 saturated carbocycles. The van der Waals surface area contributed by atoms with Gasteiger partial charge in [-0.1, -0.05) is 11.3 Å². The second-order valence-corrected chi connectivity index (χ2v) is 6.96. The van der Waals surface area contributed by atoms with Gasteiger partial charge in [0.05, 0.1) is 18.0 Å². The number of hydrogen-bond donors (Lipinski definition) is 6. The first-order chi connectivity index (χ1) is 14.4. The predicted molar refractivity (Wildman–Crippen MR) is 112 cm³/mol. The summed E-state index contributed by atoms with van der Waals surface area (Å²) in [6, 6.07) is 7.27. The number of hydrogen-bond acceptors (Lipinski definition) is 9. The van der Waals surface area contributed by atoms with Crippen molar-refractivity contribution in [3.05, 3.63) is 53.7 Å². The number of carbonyl (C=O) groups is 2. The van der Waals surface area contributed by atoms with Crippen molar-refractivity contribution in [2.45, 2.75) is 0 Å². The number of nitrogens with one attached hydrogen (secondary N) is 3. The maximum absolute atomic E-state index is 13.2. The number of anilines is 5. The van der Waals surface area contributed by atoms with Crippen molar-refractivity contribution in [3.8, 4) is 0 Å². The molecule has 3 rings (SSSR count). The molecular weight excluding hydrogens is 413 g/mol. The van der Waals surface area contributed by atoms with Crippen LogP contribution in [-0.4, -0.2) is 40.0 Å². The van der Waals surface area contributed by atoms with E-state index in [2.05, 4.69) is 25.9 Å². The fourth-order valence-electron chi connectivity index (χ4n) is 2.46. The molecule has 0 aliphatic heterocycles. The van der Waals surface area contributed by atoms with E-state index in [-0.39, 0.29) is 28.0 Å². The normalized spacial score (nSPS) is 10.5. The summed E-state index contributed by atoms with van der Waals surface area (Å²) in [7, 11) is 0. The molecule has 1 aromatic carbocycles. The average Bonchev–Trinajstić information content (AvgIpc) is 3.09. The SMILES string of the molecule is NC(=O)c1nc(Nc2ccnc(F)c2)sc1NC(=O)c1ccc(NCCO)c(N)c1. The van der Waals surface area contributed by atoms with Crippen LogP contribution in [0.4, 0.5) is 31.6 Å². The fourth-order valence-corrected chi connectivity index (χ4v) is 3.35. The van der Waals surface area contributed by atoms with Crippen molar-refractivity contribution in [2.24, 2.45) is 5.73 Å². The second-order valence-electron chi connectivity index (χ2n) is 5.96. The van der Waals surface area contributed by atoms with E-state index >= 15 is 0 Å². The standard InChI is InChI=1S/C18H18FN7O3S/c19-13-8-10(3-4-23-13)24-18-25-14(15(21)28)17(30-18)26-16(29)9-1-2-12(11(20)7-9)22-5-6-27/h1-4,7-8,22,27H,5-6,20H2,(H2,21,28)(H,26,29)(H,23,24,25). The van der Waals surface area contributed by atoms with Crippen LogP contribution in [0.1, 0.15) is 20.8 Å². The number of carbonyl (C=O) groups excluding carboxylic acids is 2. The highest BCUT2D eigenvalue weighted by Gasteiger charge is 2.19. The number of rotatable bonds is 8. The molecule has 0 radical (unpaired) electrons. The molecule has 12 heteroatoms. The smallest absolute Gasteiger partial charge is 0.270 e. The summed E-state index contributed by atoms with van der Waals surface area (Å²) in [4.78, 5) is 31.8. The van der Waals surface area contributed by atoms with Crippen LogP contribution in [0, 0.1) is 5.95 Å². The zero-order valence-electron chi connectivity index (χ0n) is 15.5. The summed E-state index contributed by atoms with van der Waals surface area (Å²) in [6.45, 7) is 0.251. The van der Waals surface area contributed by atoms with E-state index in [0.717, 1.165) is 17.4 Å². The first kappa shape index (κ1) is 21.0. The van der Waals surface area contributed by atoms with Crippen LogP contribution >= 0.6 is 11.3 Å². The summed E-state index contributed by atoms with van der Waals surface area (Å²) in [5.74, 6) is -2.05. The van der Waals surface area contributed by atoms with Gasteiger partial charge in [0.1, 0.15) is 5.00 Å². The number of benzene rings is 1. The number of primary amides is 1. The minimum atomic E-state index is -0.835. The lowest BCUT2D eigenvalue weighted by atomic mass is 10.1. The predicted octanol–water partition coefficient (Wildman–Crippen LogP) is 1.76. The highest BCUT2D eigenvalue weighted by molar-refractivity contribution is 7.20. The van der Waals surface area contributed by atoms with Gasteiger partial charge >= 0.3 is 0 Å². The molecule has 0 saturated heterocycles. The number of aliphatic hydroxyl groups is 1. The Hall–Kier alpha value is -3.77. The van der Waals surface area contributed by atoms with Crippen LogP contribution in [0.2, 0.25) is 0 Å². The molecule has 0 unspecified atom stereocenters. The Morgan fingerprint density at radius 3 is 2.70 bits per heavy atom. The number of pyridine rings is 1. The molecule has 2 heterocycles. The Morgan fingerprint density at radius 1 is 1.23 bits per heavy atom. The van der Waals surface area contributed by atoms with Crippen molar-refractivity contribution in [1.29, 1.82) is 0 Å². The molecule has 0 atom stereocenters. The van der Waals surface area contributed by atoms with Gasteiger partial charge in [-0.15, -0.1) is 0 Å². The van der Waals surface area contributed by atoms with E-state index in [0.29, 0.717) is 23.6 Å². The minimum Gasteiger partial charge on any atom is -0.397 e. The van der Waals surface area contributed by atoms with E-state index in [1.165, 1.54) is 24.4 Å². The first-order valence-electron chi connectivity index (χ1n) is 8.62. The number of nitrogens with two attached hydrogens (primary N) is 2. The Morgan fingerprint density at radius 2 is 2.03 bits per heavy atom. The van der Waals surface area contributed by atoms with Gasteiger partial charge in [0, 0.05) is 30.1 Å². The largest absolute Gasteiger partial charge is 0.397 e. The van der Waals surface area contributed by atoms with Gasteiger partial charge in [0.2, 0.25) is 5.95 Å². The van der Waals surface area contributed by atoms with E-state index in [1.807, 2.05) is 0 Å². The van der Waals surface area contributed by atoms with Crippen LogP contribution in [0.5, 0.6) is 0 Å². The van der Waals surface area contributed by atoms with E-state index in [9.17, 15) is 14.0 Å². The van der Waals surface area contributed by atoms with Crippen LogP contribution in [0.3, 0.4) is 0 Å². The number of nitrogen functional groups attached to an aromatic ring is 1. The molecule has 2 aromatic heterocycles. The summed E-state index contributed by atoms with van der Waals surface area (Å²) >= 11 is 0.961. The zero-order valence-corrected chi connectivity index (χ0v) is 16.3. The lowest BCUT2D eigenvalue weighted by Gasteiger charge is -2.10. The quantitative estimate of drug-likeness (QED) is 0.232. The first-order valence-corrected chi connectivity index (χ1v) is 9.44. The monoisotopic (exact) mass is 431 g/mol. The Balaban J connectivity index is 1.79. The second kappa shape index (κ2) is 9.15. The summed E-state index contributed by atoms with van der Waals surface area (Å²) < 4.78 is 13.2. The maximum Gasteiger partial charge on any atom is 0.270 e. The molecule has 10 nitrogen and oxygen atoms in total. The zero-order chi connectivity index (χ0) is 21.7. The topological polar surface area (TPSA) is 168 Å². The third-order valence-corrected chi connectivity index (χ3v) is 4.69. The van der Waals surface area contributed by atoms with Gasteiger partial charge in [-0.3, -0.25) is 9.59 Å². The minimum absolute atomic E-state index is 0.0640.